The Bertz CT molecular complexity index is 601. The highest BCUT2D eigenvalue weighted by molar-refractivity contribution is 5.39. The van der Waals surface area contributed by atoms with Gasteiger partial charge in [0, 0.05) is 11.6 Å². The monoisotopic (exact) mass is 271 g/mol. The second-order valence-corrected chi connectivity index (χ2v) is 5.35. The van der Waals surface area contributed by atoms with E-state index in [1.807, 2.05) is 0 Å². The van der Waals surface area contributed by atoms with Crippen LogP contribution in [0.25, 0.3) is 0 Å². The van der Waals surface area contributed by atoms with Gasteiger partial charge in [0.1, 0.15) is 11.6 Å². The lowest BCUT2D eigenvalue weighted by Gasteiger charge is -2.21. The van der Waals surface area contributed by atoms with Gasteiger partial charge in [0.15, 0.2) is 0 Å². The van der Waals surface area contributed by atoms with E-state index in [0.717, 1.165) is 18.4 Å². The van der Waals surface area contributed by atoms with Crippen molar-refractivity contribution in [1.82, 2.24) is 0 Å². The molecule has 0 bridgehead atoms. The predicted octanol–water partition coefficient (Wildman–Crippen LogP) is 3.25. The molecule has 0 saturated carbocycles. The first-order chi connectivity index (χ1) is 9.69. The molecule has 0 radical (unpaired) electrons. The quantitative estimate of drug-likeness (QED) is 0.930. The van der Waals surface area contributed by atoms with Crippen LogP contribution in [0.3, 0.4) is 0 Å². The molecule has 1 aliphatic rings. The van der Waals surface area contributed by atoms with E-state index in [0.29, 0.717) is 11.7 Å². The van der Waals surface area contributed by atoms with E-state index in [9.17, 15) is 4.39 Å². The third-order valence-corrected chi connectivity index (χ3v) is 4.14. The molecule has 2 aromatic rings. The maximum Gasteiger partial charge on any atom is 0.123 e. The Morgan fingerprint density at radius 2 is 1.80 bits per heavy atom. The smallest absolute Gasteiger partial charge is 0.123 e. The van der Waals surface area contributed by atoms with Gasteiger partial charge < -0.3 is 10.5 Å². The van der Waals surface area contributed by atoms with Gasteiger partial charge in [-0.1, -0.05) is 24.3 Å². The first kappa shape index (κ1) is 13.1. The molecule has 0 fully saturated rings. The number of halogens is 1. The molecule has 0 aromatic heterocycles. The average molecular weight is 271 g/mol. The van der Waals surface area contributed by atoms with Gasteiger partial charge in [0.2, 0.25) is 0 Å². The summed E-state index contributed by atoms with van der Waals surface area (Å²) in [7, 11) is 1.59. The van der Waals surface area contributed by atoms with Crippen LogP contribution in [0, 0.1) is 11.7 Å². The highest BCUT2D eigenvalue weighted by atomic mass is 19.1. The molecule has 0 aliphatic heterocycles. The maximum absolute atomic E-state index is 13.5. The van der Waals surface area contributed by atoms with Crippen LogP contribution < -0.4 is 10.5 Å². The van der Waals surface area contributed by atoms with Crippen molar-refractivity contribution in [3.8, 4) is 5.75 Å². The van der Waals surface area contributed by atoms with Gasteiger partial charge in [-0.2, -0.15) is 0 Å². The summed E-state index contributed by atoms with van der Waals surface area (Å²) in [6.07, 6.45) is 1.88. The molecule has 0 spiro atoms. The molecule has 2 nitrogen and oxygen atoms in total. The van der Waals surface area contributed by atoms with E-state index in [1.165, 1.54) is 23.3 Å². The summed E-state index contributed by atoms with van der Waals surface area (Å²) in [5, 5.41) is 0. The molecule has 0 heterocycles. The Hall–Kier alpha value is -1.87. The summed E-state index contributed by atoms with van der Waals surface area (Å²) >= 11 is 0. The summed E-state index contributed by atoms with van der Waals surface area (Å²) in [5.74, 6) is 0.685. The van der Waals surface area contributed by atoms with E-state index < -0.39 is 0 Å². The van der Waals surface area contributed by atoms with Crippen LogP contribution >= 0.6 is 0 Å². The number of benzene rings is 2. The molecule has 3 rings (SSSR count). The molecular weight excluding hydrogens is 253 g/mol. The predicted molar refractivity (Wildman–Crippen MR) is 77.2 cm³/mol. The second kappa shape index (κ2) is 5.25. The van der Waals surface area contributed by atoms with Crippen molar-refractivity contribution in [3.05, 3.63) is 65.0 Å². The average Bonchev–Trinajstić information content (AvgIpc) is 2.90. The third kappa shape index (κ3) is 2.29. The fourth-order valence-corrected chi connectivity index (χ4v) is 3.07. The maximum atomic E-state index is 13.5. The van der Waals surface area contributed by atoms with Crippen LogP contribution in [0.15, 0.2) is 42.5 Å². The highest BCUT2D eigenvalue weighted by Crippen LogP contribution is 2.37. The van der Waals surface area contributed by atoms with Gasteiger partial charge >= 0.3 is 0 Å². The van der Waals surface area contributed by atoms with E-state index in [1.54, 1.807) is 13.2 Å². The standard InChI is InChI=1S/C17H18FNO/c1-20-16-7-6-14(18)10-15(16)17(19)13-8-11-4-2-3-5-12(11)9-13/h2-7,10,13,17H,8-9,19H2,1H3. The van der Waals surface area contributed by atoms with Gasteiger partial charge in [-0.05, 0) is 48.1 Å². The molecule has 1 aliphatic carbocycles. The molecule has 3 heteroatoms. The Labute approximate surface area is 118 Å². The van der Waals surface area contributed by atoms with Gasteiger partial charge in [0.05, 0.1) is 7.11 Å². The fraction of sp³-hybridized carbons (Fsp3) is 0.294. The number of fused-ring (bicyclic) bond motifs is 1. The first-order valence-electron chi connectivity index (χ1n) is 6.85. The minimum atomic E-state index is -0.272. The van der Waals surface area contributed by atoms with E-state index in [-0.39, 0.29) is 11.9 Å². The lowest BCUT2D eigenvalue weighted by Crippen LogP contribution is -2.22. The van der Waals surface area contributed by atoms with E-state index in [4.69, 9.17) is 10.5 Å². The van der Waals surface area contributed by atoms with Crippen molar-refractivity contribution in [2.24, 2.45) is 11.7 Å². The fourth-order valence-electron chi connectivity index (χ4n) is 3.07. The SMILES string of the molecule is COc1ccc(F)cc1C(N)C1Cc2ccccc2C1. The summed E-state index contributed by atoms with van der Waals surface area (Å²) in [6.45, 7) is 0. The largest absolute Gasteiger partial charge is 0.496 e. The summed E-state index contributed by atoms with van der Waals surface area (Å²) in [6, 6.07) is 12.7. The van der Waals surface area contributed by atoms with Crippen molar-refractivity contribution in [1.29, 1.82) is 0 Å². The molecule has 104 valence electrons. The van der Waals surface area contributed by atoms with Crippen LogP contribution in [-0.2, 0) is 12.8 Å². The van der Waals surface area contributed by atoms with Gasteiger partial charge in [0.25, 0.3) is 0 Å². The topological polar surface area (TPSA) is 35.2 Å². The molecule has 0 amide bonds. The van der Waals surface area contributed by atoms with Gasteiger partial charge in [-0.3, -0.25) is 0 Å². The number of rotatable bonds is 3. The summed E-state index contributed by atoms with van der Waals surface area (Å²) < 4.78 is 18.8. The molecule has 1 atom stereocenters. The molecule has 0 saturated heterocycles. The minimum Gasteiger partial charge on any atom is -0.496 e. The molecular formula is C17H18FNO. The van der Waals surface area contributed by atoms with Crippen LogP contribution in [0.2, 0.25) is 0 Å². The zero-order chi connectivity index (χ0) is 14.1. The number of hydrogen-bond donors (Lipinski definition) is 1. The van der Waals surface area contributed by atoms with E-state index in [2.05, 4.69) is 24.3 Å². The van der Waals surface area contributed by atoms with Crippen molar-refractivity contribution < 1.29 is 9.13 Å². The third-order valence-electron chi connectivity index (χ3n) is 4.14. The second-order valence-electron chi connectivity index (χ2n) is 5.35. The number of ether oxygens (including phenoxy) is 1. The number of hydrogen-bond acceptors (Lipinski definition) is 2. The molecule has 20 heavy (non-hydrogen) atoms. The van der Waals surface area contributed by atoms with Crippen LogP contribution in [0.1, 0.15) is 22.7 Å². The molecule has 2 aromatic carbocycles. The Balaban J connectivity index is 1.88. The normalized spacial score (nSPS) is 15.9. The van der Waals surface area contributed by atoms with Crippen molar-refractivity contribution in [2.45, 2.75) is 18.9 Å². The number of methoxy groups -OCH3 is 1. The zero-order valence-electron chi connectivity index (χ0n) is 11.5. The van der Waals surface area contributed by atoms with Crippen LogP contribution in [0.4, 0.5) is 4.39 Å². The zero-order valence-corrected chi connectivity index (χ0v) is 11.5. The van der Waals surface area contributed by atoms with Crippen molar-refractivity contribution >= 4 is 0 Å². The summed E-state index contributed by atoms with van der Waals surface area (Å²) in [4.78, 5) is 0. The Kier molecular flexibility index (Phi) is 3.45. The summed E-state index contributed by atoms with van der Waals surface area (Å²) in [5.41, 5.74) is 9.83. The molecule has 1 unspecified atom stereocenters. The van der Waals surface area contributed by atoms with Gasteiger partial charge in [-0.15, -0.1) is 0 Å². The lowest BCUT2D eigenvalue weighted by molar-refractivity contribution is 0.385. The van der Waals surface area contributed by atoms with Gasteiger partial charge in [-0.25, -0.2) is 4.39 Å². The molecule has 2 N–H and O–H groups in total. The minimum absolute atomic E-state index is 0.215. The van der Waals surface area contributed by atoms with Crippen LogP contribution in [0.5, 0.6) is 5.75 Å². The van der Waals surface area contributed by atoms with Crippen molar-refractivity contribution in [3.63, 3.8) is 0 Å². The number of nitrogens with two attached hydrogens (primary N) is 1. The Morgan fingerprint density at radius 3 is 2.40 bits per heavy atom. The van der Waals surface area contributed by atoms with E-state index >= 15 is 0 Å². The van der Waals surface area contributed by atoms with Crippen molar-refractivity contribution in [2.75, 3.05) is 7.11 Å². The first-order valence-corrected chi connectivity index (χ1v) is 6.85. The highest BCUT2D eigenvalue weighted by Gasteiger charge is 2.29. The Morgan fingerprint density at radius 1 is 1.15 bits per heavy atom. The lowest BCUT2D eigenvalue weighted by atomic mass is 9.90. The van der Waals surface area contributed by atoms with Crippen LogP contribution in [-0.4, -0.2) is 7.11 Å².